The lowest BCUT2D eigenvalue weighted by Crippen LogP contribution is -1.97. The lowest BCUT2D eigenvalue weighted by molar-refractivity contribution is -0.139. The first-order valence-electron chi connectivity index (χ1n) is 4.42. The molecule has 4 heteroatoms. The zero-order valence-corrected chi connectivity index (χ0v) is 8.37. The summed E-state index contributed by atoms with van der Waals surface area (Å²) in [7, 11) is 1.30. The first-order chi connectivity index (χ1) is 7.15. The summed E-state index contributed by atoms with van der Waals surface area (Å²) in [4.78, 5) is 10.8. The molecule has 0 aliphatic rings. The van der Waals surface area contributed by atoms with Crippen LogP contribution in [0.15, 0.2) is 24.3 Å². The van der Waals surface area contributed by atoms with Crippen LogP contribution in [0.2, 0.25) is 0 Å². The lowest BCUT2D eigenvalue weighted by atomic mass is 10.1. The number of hydrogen-bond donors (Lipinski definition) is 1. The number of carbonyl (C=O) groups excluding carboxylic acids is 1. The predicted molar refractivity (Wildman–Crippen MR) is 56.5 cm³/mol. The summed E-state index contributed by atoms with van der Waals surface area (Å²) in [6, 6.07) is 4.44. The van der Waals surface area contributed by atoms with Gasteiger partial charge in [0.05, 0.1) is 13.5 Å². The smallest absolute Gasteiger partial charge is 0.309 e. The Morgan fingerprint density at radius 3 is 2.93 bits per heavy atom. The Bertz CT molecular complexity index is 368. The van der Waals surface area contributed by atoms with E-state index in [4.69, 9.17) is 5.73 Å². The van der Waals surface area contributed by atoms with Crippen LogP contribution in [-0.2, 0) is 9.53 Å². The number of hydrogen-bond acceptors (Lipinski definition) is 3. The van der Waals surface area contributed by atoms with E-state index in [-0.39, 0.29) is 12.4 Å². The van der Waals surface area contributed by atoms with Crippen molar-refractivity contribution in [2.75, 3.05) is 12.8 Å². The van der Waals surface area contributed by atoms with Crippen molar-refractivity contribution in [2.24, 2.45) is 0 Å². The molecule has 0 unspecified atom stereocenters. The lowest BCUT2D eigenvalue weighted by Gasteiger charge is -2.00. The first-order valence-corrected chi connectivity index (χ1v) is 4.42. The Kier molecular flexibility index (Phi) is 3.85. The van der Waals surface area contributed by atoms with Crippen LogP contribution in [0.5, 0.6) is 0 Å². The molecule has 80 valence electrons. The molecule has 0 aromatic heterocycles. The molecule has 1 aromatic carbocycles. The maximum Gasteiger partial charge on any atom is 0.309 e. The molecule has 1 aromatic rings. The minimum Gasteiger partial charge on any atom is -0.469 e. The van der Waals surface area contributed by atoms with Gasteiger partial charge in [-0.25, -0.2) is 4.39 Å². The zero-order valence-electron chi connectivity index (χ0n) is 8.37. The molecule has 0 radical (unpaired) electrons. The number of nitrogen functional groups attached to an aromatic ring is 1. The van der Waals surface area contributed by atoms with Crippen LogP contribution >= 0.6 is 0 Å². The van der Waals surface area contributed by atoms with Crippen molar-refractivity contribution in [3.63, 3.8) is 0 Å². The molecule has 0 heterocycles. The second-order valence-electron chi connectivity index (χ2n) is 2.93. The highest BCUT2D eigenvalue weighted by molar-refractivity contribution is 5.73. The topological polar surface area (TPSA) is 52.3 Å². The summed E-state index contributed by atoms with van der Waals surface area (Å²) in [5, 5.41) is 0. The fourth-order valence-corrected chi connectivity index (χ4v) is 1.09. The highest BCUT2D eigenvalue weighted by Crippen LogP contribution is 2.17. The summed E-state index contributed by atoms with van der Waals surface area (Å²) in [5.74, 6) is -0.780. The standard InChI is InChI=1S/C11H12FNO2/c1-15-11(14)7-2-4-8-9(12)5-3-6-10(8)13/h2-6H,7,13H2,1H3. The predicted octanol–water partition coefficient (Wildman–Crippen LogP) is 1.98. The zero-order chi connectivity index (χ0) is 11.3. The van der Waals surface area contributed by atoms with Gasteiger partial charge in [0, 0.05) is 11.3 Å². The van der Waals surface area contributed by atoms with Crippen LogP contribution in [0.4, 0.5) is 10.1 Å². The van der Waals surface area contributed by atoms with E-state index in [1.807, 2.05) is 0 Å². The maximum atomic E-state index is 13.2. The van der Waals surface area contributed by atoms with Gasteiger partial charge in [-0.05, 0) is 12.1 Å². The number of ether oxygens (including phenoxy) is 1. The van der Waals surface area contributed by atoms with E-state index in [1.54, 1.807) is 6.07 Å². The molecule has 3 nitrogen and oxygen atoms in total. The highest BCUT2D eigenvalue weighted by atomic mass is 19.1. The van der Waals surface area contributed by atoms with Crippen LogP contribution in [0.25, 0.3) is 6.08 Å². The molecule has 0 saturated carbocycles. The van der Waals surface area contributed by atoms with Gasteiger partial charge in [-0.2, -0.15) is 0 Å². The van der Waals surface area contributed by atoms with Crippen molar-refractivity contribution in [3.8, 4) is 0 Å². The third kappa shape index (κ3) is 3.09. The van der Waals surface area contributed by atoms with Crippen LogP contribution in [0.1, 0.15) is 12.0 Å². The molecule has 1 rings (SSSR count). The fraction of sp³-hybridized carbons (Fsp3) is 0.182. The first kappa shape index (κ1) is 11.2. The third-order valence-electron chi connectivity index (χ3n) is 1.88. The molecule has 0 atom stereocenters. The van der Waals surface area contributed by atoms with Gasteiger partial charge in [-0.1, -0.05) is 18.2 Å². The second-order valence-corrected chi connectivity index (χ2v) is 2.93. The molecule has 0 amide bonds. The number of nitrogens with two attached hydrogens (primary N) is 1. The van der Waals surface area contributed by atoms with Gasteiger partial charge in [-0.15, -0.1) is 0 Å². The van der Waals surface area contributed by atoms with E-state index in [0.717, 1.165) is 0 Å². The molecule has 0 aliphatic carbocycles. The molecule has 15 heavy (non-hydrogen) atoms. The van der Waals surface area contributed by atoms with E-state index in [2.05, 4.69) is 4.74 Å². The Morgan fingerprint density at radius 2 is 2.33 bits per heavy atom. The van der Waals surface area contributed by atoms with Gasteiger partial charge in [0.25, 0.3) is 0 Å². The number of methoxy groups -OCH3 is 1. The van der Waals surface area contributed by atoms with Gasteiger partial charge in [0.2, 0.25) is 0 Å². The molecular formula is C11H12FNO2. The number of benzene rings is 1. The number of esters is 1. The van der Waals surface area contributed by atoms with Gasteiger partial charge in [-0.3, -0.25) is 4.79 Å². The van der Waals surface area contributed by atoms with Crippen molar-refractivity contribution in [2.45, 2.75) is 6.42 Å². The van der Waals surface area contributed by atoms with Crippen LogP contribution < -0.4 is 5.73 Å². The molecule has 0 saturated heterocycles. The minimum absolute atomic E-state index is 0.101. The van der Waals surface area contributed by atoms with Gasteiger partial charge >= 0.3 is 5.97 Å². The average molecular weight is 209 g/mol. The van der Waals surface area contributed by atoms with Crippen molar-refractivity contribution < 1.29 is 13.9 Å². The van der Waals surface area contributed by atoms with Gasteiger partial charge in [0.15, 0.2) is 0 Å². The molecule has 0 fully saturated rings. The average Bonchev–Trinajstić information content (AvgIpc) is 2.22. The molecule has 0 aliphatic heterocycles. The summed E-state index contributed by atoms with van der Waals surface area (Å²) in [6.45, 7) is 0. The van der Waals surface area contributed by atoms with Crippen LogP contribution in [-0.4, -0.2) is 13.1 Å². The Hall–Kier alpha value is -1.84. The largest absolute Gasteiger partial charge is 0.469 e. The summed E-state index contributed by atoms with van der Waals surface area (Å²) in [5.41, 5.74) is 6.20. The maximum absolute atomic E-state index is 13.2. The van der Waals surface area contributed by atoms with Crippen molar-refractivity contribution in [1.82, 2.24) is 0 Å². The van der Waals surface area contributed by atoms with E-state index >= 15 is 0 Å². The molecule has 0 spiro atoms. The normalized spacial score (nSPS) is 10.5. The fourth-order valence-electron chi connectivity index (χ4n) is 1.09. The van der Waals surface area contributed by atoms with Crippen LogP contribution in [0.3, 0.4) is 0 Å². The Balaban J connectivity index is 2.76. The van der Waals surface area contributed by atoms with E-state index in [0.29, 0.717) is 11.3 Å². The van der Waals surface area contributed by atoms with E-state index in [1.165, 1.54) is 31.4 Å². The monoisotopic (exact) mass is 209 g/mol. The SMILES string of the molecule is COC(=O)CC=Cc1c(N)cccc1F. The van der Waals surface area contributed by atoms with Crippen molar-refractivity contribution >= 4 is 17.7 Å². The van der Waals surface area contributed by atoms with Crippen molar-refractivity contribution in [3.05, 3.63) is 35.7 Å². The summed E-state index contributed by atoms with van der Waals surface area (Å²) < 4.78 is 17.6. The van der Waals surface area contributed by atoms with E-state index < -0.39 is 5.82 Å². The number of anilines is 1. The highest BCUT2D eigenvalue weighted by Gasteiger charge is 2.02. The Labute approximate surface area is 87.3 Å². The quantitative estimate of drug-likeness (QED) is 0.611. The number of rotatable bonds is 3. The van der Waals surface area contributed by atoms with Crippen LogP contribution in [0, 0.1) is 5.82 Å². The molecule has 0 bridgehead atoms. The van der Waals surface area contributed by atoms with Gasteiger partial charge < -0.3 is 10.5 Å². The van der Waals surface area contributed by atoms with Crippen molar-refractivity contribution in [1.29, 1.82) is 0 Å². The molecular weight excluding hydrogens is 197 g/mol. The summed E-state index contributed by atoms with van der Waals surface area (Å²) in [6.07, 6.45) is 3.09. The van der Waals surface area contributed by atoms with E-state index in [9.17, 15) is 9.18 Å². The third-order valence-corrected chi connectivity index (χ3v) is 1.88. The summed E-state index contributed by atoms with van der Waals surface area (Å²) >= 11 is 0. The number of halogens is 1. The Morgan fingerprint density at radius 1 is 1.60 bits per heavy atom. The van der Waals surface area contributed by atoms with Gasteiger partial charge in [0.1, 0.15) is 5.82 Å². The second kappa shape index (κ2) is 5.14. The minimum atomic E-state index is -0.406. The number of carbonyl (C=O) groups is 1. The molecule has 2 N–H and O–H groups in total.